The van der Waals surface area contributed by atoms with E-state index in [0.29, 0.717) is 41.9 Å². The maximum absolute atomic E-state index is 14.4. The number of rotatable bonds is 4. The summed E-state index contributed by atoms with van der Waals surface area (Å²) in [6.07, 6.45) is 3.07. The van der Waals surface area contributed by atoms with Crippen molar-refractivity contribution < 1.29 is 13.9 Å². The number of fused-ring (bicyclic) bond motifs is 3. The molecular weight excluding hydrogens is 413 g/mol. The summed E-state index contributed by atoms with van der Waals surface area (Å²) >= 11 is 0. The maximum Gasteiger partial charge on any atom is 0.213 e. The van der Waals surface area contributed by atoms with Gasteiger partial charge in [-0.25, -0.2) is 14.4 Å². The highest BCUT2D eigenvalue weighted by Gasteiger charge is 2.25. The number of pyridine rings is 1. The normalized spacial score (nSPS) is 13.2. The summed E-state index contributed by atoms with van der Waals surface area (Å²) in [5.74, 6) is 1.79. The van der Waals surface area contributed by atoms with Crippen LogP contribution in [-0.2, 0) is 13.1 Å². The van der Waals surface area contributed by atoms with Gasteiger partial charge in [-0.3, -0.25) is 14.5 Å². The summed E-state index contributed by atoms with van der Waals surface area (Å²) in [5, 5.41) is 8.74. The zero-order valence-electron chi connectivity index (χ0n) is 17.8. The fourth-order valence-electron chi connectivity index (χ4n) is 3.79. The smallest absolute Gasteiger partial charge is 0.213 e. The summed E-state index contributed by atoms with van der Waals surface area (Å²) in [4.78, 5) is 15.7. The Labute approximate surface area is 183 Å². The third kappa shape index (κ3) is 3.34. The van der Waals surface area contributed by atoms with Crippen LogP contribution in [0.15, 0.2) is 42.7 Å². The van der Waals surface area contributed by atoms with Crippen LogP contribution in [0.4, 0.5) is 4.39 Å². The summed E-state index contributed by atoms with van der Waals surface area (Å²) in [7, 11) is 5.07. The molecule has 10 heteroatoms. The van der Waals surface area contributed by atoms with Crippen LogP contribution in [0.25, 0.3) is 28.5 Å². The lowest BCUT2D eigenvalue weighted by Crippen LogP contribution is -2.17. The average molecular weight is 433 g/mol. The van der Waals surface area contributed by atoms with Crippen molar-refractivity contribution in [3.05, 3.63) is 60.1 Å². The fourth-order valence-corrected chi connectivity index (χ4v) is 3.79. The summed E-state index contributed by atoms with van der Waals surface area (Å²) in [6, 6.07) is 8.36. The molecule has 1 aliphatic heterocycles. The Bertz CT molecular complexity index is 1290. The molecule has 0 saturated carbocycles. The lowest BCUT2D eigenvalue weighted by atomic mass is 10.1. The molecule has 1 aliphatic rings. The molecule has 0 atom stereocenters. The van der Waals surface area contributed by atoms with Crippen molar-refractivity contribution in [2.75, 3.05) is 21.3 Å². The van der Waals surface area contributed by atoms with Crippen LogP contribution in [0.5, 0.6) is 11.6 Å². The van der Waals surface area contributed by atoms with E-state index in [1.165, 1.54) is 19.4 Å². The first-order valence-electron chi connectivity index (χ1n) is 9.91. The first-order chi connectivity index (χ1) is 15.6. The molecule has 0 unspecified atom stereocenters. The number of aromatic nitrogens is 6. The van der Waals surface area contributed by atoms with Crippen molar-refractivity contribution in [2.24, 2.45) is 0 Å². The van der Waals surface area contributed by atoms with E-state index in [0.717, 1.165) is 17.2 Å². The van der Waals surface area contributed by atoms with Gasteiger partial charge >= 0.3 is 0 Å². The summed E-state index contributed by atoms with van der Waals surface area (Å²) < 4.78 is 26.9. The Morgan fingerprint density at radius 2 is 1.75 bits per heavy atom. The predicted molar refractivity (Wildman–Crippen MR) is 114 cm³/mol. The highest BCUT2D eigenvalue weighted by Crippen LogP contribution is 2.32. The van der Waals surface area contributed by atoms with Crippen molar-refractivity contribution in [3.8, 4) is 40.1 Å². The van der Waals surface area contributed by atoms with Crippen molar-refractivity contribution in [1.82, 2.24) is 34.6 Å². The number of methoxy groups -OCH3 is 2. The standard InChI is InChI=1S/C22H20FN7O2/c1-29-11-16-17(7-8-20(26-16)32-3)30-19(12-29)27-28-22(30)15-10-24-14(9-25-15)21-13(23)5-4-6-18(21)31-2/h4-10H,11-12H2,1-3H3. The Morgan fingerprint density at radius 3 is 2.50 bits per heavy atom. The van der Waals surface area contributed by atoms with Gasteiger partial charge < -0.3 is 9.47 Å². The highest BCUT2D eigenvalue weighted by molar-refractivity contribution is 5.68. The molecule has 4 aromatic rings. The first-order valence-corrected chi connectivity index (χ1v) is 9.91. The van der Waals surface area contributed by atoms with Crippen LogP contribution in [0.1, 0.15) is 11.5 Å². The molecule has 0 fully saturated rings. The van der Waals surface area contributed by atoms with Gasteiger partial charge in [-0.05, 0) is 25.2 Å². The van der Waals surface area contributed by atoms with Crippen LogP contribution in [0, 0.1) is 5.82 Å². The van der Waals surface area contributed by atoms with Gasteiger partial charge in [0.05, 0.1) is 55.8 Å². The van der Waals surface area contributed by atoms with Gasteiger partial charge in [-0.1, -0.05) is 6.07 Å². The van der Waals surface area contributed by atoms with Gasteiger partial charge in [0.15, 0.2) is 11.6 Å². The molecule has 0 aliphatic carbocycles. The van der Waals surface area contributed by atoms with Gasteiger partial charge in [0.1, 0.15) is 17.3 Å². The molecule has 32 heavy (non-hydrogen) atoms. The molecule has 0 radical (unpaired) electrons. The number of hydrogen-bond donors (Lipinski definition) is 0. The van der Waals surface area contributed by atoms with Crippen molar-refractivity contribution in [2.45, 2.75) is 13.1 Å². The zero-order valence-corrected chi connectivity index (χ0v) is 17.8. The van der Waals surface area contributed by atoms with Crippen LogP contribution in [0.2, 0.25) is 0 Å². The van der Waals surface area contributed by atoms with Gasteiger partial charge in [0, 0.05) is 12.6 Å². The molecule has 0 amide bonds. The number of halogens is 1. The first kappa shape index (κ1) is 20.0. The second kappa shape index (κ2) is 7.97. The Balaban J connectivity index is 1.60. The molecule has 0 spiro atoms. The third-order valence-electron chi connectivity index (χ3n) is 5.27. The summed E-state index contributed by atoms with van der Waals surface area (Å²) in [5.41, 5.74) is 2.83. The number of nitrogens with zero attached hydrogens (tertiary/aromatic N) is 7. The predicted octanol–water partition coefficient (Wildman–Crippen LogP) is 2.89. The topological polar surface area (TPSA) is 91.1 Å². The molecule has 0 N–H and O–H groups in total. The minimum atomic E-state index is -0.431. The Morgan fingerprint density at radius 1 is 0.938 bits per heavy atom. The van der Waals surface area contributed by atoms with E-state index in [9.17, 15) is 4.39 Å². The maximum atomic E-state index is 14.4. The van der Waals surface area contributed by atoms with Gasteiger partial charge in [-0.15, -0.1) is 10.2 Å². The van der Waals surface area contributed by atoms with Crippen molar-refractivity contribution >= 4 is 0 Å². The molecule has 4 heterocycles. The van der Waals surface area contributed by atoms with Gasteiger partial charge in [-0.2, -0.15) is 0 Å². The molecule has 1 aromatic carbocycles. The SMILES string of the molecule is COc1ccc2c(n1)CN(C)Cc1nnc(-c3cnc(-c4c(F)cccc4OC)cn3)n1-2. The monoisotopic (exact) mass is 433 g/mol. The molecule has 162 valence electrons. The largest absolute Gasteiger partial charge is 0.496 e. The molecule has 5 rings (SSSR count). The molecule has 9 nitrogen and oxygen atoms in total. The average Bonchev–Trinajstić information content (AvgIpc) is 3.15. The quantitative estimate of drug-likeness (QED) is 0.485. The molecule has 0 bridgehead atoms. The zero-order chi connectivity index (χ0) is 22.2. The second-order valence-corrected chi connectivity index (χ2v) is 7.37. The lowest BCUT2D eigenvalue weighted by molar-refractivity contribution is 0.309. The Hall–Kier alpha value is -3.92. The number of ether oxygens (including phenoxy) is 2. The third-order valence-corrected chi connectivity index (χ3v) is 5.27. The van der Waals surface area contributed by atoms with E-state index >= 15 is 0 Å². The summed E-state index contributed by atoms with van der Waals surface area (Å²) in [6.45, 7) is 1.22. The minimum absolute atomic E-state index is 0.261. The number of benzene rings is 1. The molecular formula is C22H20FN7O2. The van der Waals surface area contributed by atoms with Crippen LogP contribution < -0.4 is 9.47 Å². The second-order valence-electron chi connectivity index (χ2n) is 7.37. The lowest BCUT2D eigenvalue weighted by Gasteiger charge is -2.13. The van der Waals surface area contributed by atoms with Crippen LogP contribution in [0.3, 0.4) is 0 Å². The van der Waals surface area contributed by atoms with E-state index in [1.54, 1.807) is 31.5 Å². The van der Waals surface area contributed by atoms with E-state index < -0.39 is 5.82 Å². The van der Waals surface area contributed by atoms with Crippen LogP contribution in [-0.4, -0.2) is 55.9 Å². The fraction of sp³-hybridized carbons (Fsp3) is 0.227. The van der Waals surface area contributed by atoms with E-state index in [2.05, 4.69) is 30.0 Å². The Kier molecular flexibility index (Phi) is 4.98. The van der Waals surface area contributed by atoms with Gasteiger partial charge in [0.25, 0.3) is 0 Å². The van der Waals surface area contributed by atoms with E-state index in [1.807, 2.05) is 17.7 Å². The highest BCUT2D eigenvalue weighted by atomic mass is 19.1. The number of hydrogen-bond acceptors (Lipinski definition) is 8. The molecule has 3 aromatic heterocycles. The van der Waals surface area contributed by atoms with Gasteiger partial charge in [0.2, 0.25) is 5.88 Å². The molecule has 0 saturated heterocycles. The van der Waals surface area contributed by atoms with Crippen LogP contribution >= 0.6 is 0 Å². The van der Waals surface area contributed by atoms with E-state index in [4.69, 9.17) is 9.47 Å². The van der Waals surface area contributed by atoms with Crippen molar-refractivity contribution in [3.63, 3.8) is 0 Å². The minimum Gasteiger partial charge on any atom is -0.496 e. The van der Waals surface area contributed by atoms with Crippen molar-refractivity contribution in [1.29, 1.82) is 0 Å². The van der Waals surface area contributed by atoms with E-state index in [-0.39, 0.29) is 5.56 Å².